The van der Waals surface area contributed by atoms with Gasteiger partial charge in [0.1, 0.15) is 0 Å². The Bertz CT molecular complexity index is 669. The zero-order valence-corrected chi connectivity index (χ0v) is 17.4. The molecule has 0 N–H and O–H groups in total. The van der Waals surface area contributed by atoms with E-state index in [1.165, 1.54) is 58.2 Å². The van der Waals surface area contributed by atoms with Gasteiger partial charge < -0.3 is 4.90 Å². The van der Waals surface area contributed by atoms with Gasteiger partial charge in [-0.25, -0.2) is 0 Å². The minimum absolute atomic E-state index is 0.303. The summed E-state index contributed by atoms with van der Waals surface area (Å²) in [4.78, 5) is 2.73. The van der Waals surface area contributed by atoms with Crippen LogP contribution in [0.3, 0.4) is 0 Å². The summed E-state index contributed by atoms with van der Waals surface area (Å²) in [5.41, 5.74) is 5.47. The van der Waals surface area contributed by atoms with Crippen molar-refractivity contribution in [2.24, 2.45) is 16.7 Å². The summed E-state index contributed by atoms with van der Waals surface area (Å²) in [5.74, 6) is 1.77. The first-order valence-electron chi connectivity index (χ1n) is 10.8. The quantitative estimate of drug-likeness (QED) is 0.598. The van der Waals surface area contributed by atoms with E-state index < -0.39 is 0 Å². The van der Waals surface area contributed by atoms with Crippen molar-refractivity contribution in [3.63, 3.8) is 0 Å². The molecular formula is C25H37N. The second-order valence-electron chi connectivity index (χ2n) is 10.8. The number of hydrogen-bond donors (Lipinski definition) is 0. The number of piperidine rings is 1. The Kier molecular flexibility index (Phi) is 4.80. The molecule has 2 aliphatic carbocycles. The van der Waals surface area contributed by atoms with Crippen LogP contribution in [0.25, 0.3) is 5.57 Å². The topological polar surface area (TPSA) is 3.24 Å². The molecule has 2 fully saturated rings. The highest BCUT2D eigenvalue weighted by molar-refractivity contribution is 5.71. The fourth-order valence-corrected chi connectivity index (χ4v) is 5.80. The fourth-order valence-electron chi connectivity index (χ4n) is 5.80. The van der Waals surface area contributed by atoms with Crippen molar-refractivity contribution < 1.29 is 0 Å². The van der Waals surface area contributed by atoms with Crippen molar-refractivity contribution in [2.75, 3.05) is 19.6 Å². The molecule has 0 spiro atoms. The van der Waals surface area contributed by atoms with Gasteiger partial charge in [0.25, 0.3) is 0 Å². The lowest BCUT2D eigenvalue weighted by molar-refractivity contribution is 0.204. The Morgan fingerprint density at radius 2 is 1.65 bits per heavy atom. The molecule has 1 aromatic carbocycles. The Balaban J connectivity index is 1.54. The van der Waals surface area contributed by atoms with Crippen LogP contribution in [-0.4, -0.2) is 24.5 Å². The number of allylic oxidation sites excluding steroid dienone is 2. The van der Waals surface area contributed by atoms with Gasteiger partial charge in [0.15, 0.2) is 0 Å². The number of nitrogens with zero attached hydrogens (tertiary/aromatic N) is 1. The van der Waals surface area contributed by atoms with Crippen molar-refractivity contribution in [1.29, 1.82) is 0 Å². The molecule has 0 atom stereocenters. The van der Waals surface area contributed by atoms with Gasteiger partial charge in [0.05, 0.1) is 0 Å². The Morgan fingerprint density at radius 3 is 2.31 bits per heavy atom. The molecule has 1 aromatic rings. The average molecular weight is 352 g/mol. The van der Waals surface area contributed by atoms with Crippen LogP contribution < -0.4 is 0 Å². The van der Waals surface area contributed by atoms with Crippen LogP contribution in [0.5, 0.6) is 0 Å². The summed E-state index contributed by atoms with van der Waals surface area (Å²) in [7, 11) is 0. The molecule has 26 heavy (non-hydrogen) atoms. The van der Waals surface area contributed by atoms with Gasteiger partial charge in [0.2, 0.25) is 0 Å². The van der Waals surface area contributed by atoms with Crippen LogP contribution in [0.15, 0.2) is 30.3 Å². The minimum Gasteiger partial charge on any atom is -0.303 e. The van der Waals surface area contributed by atoms with Gasteiger partial charge in [-0.3, -0.25) is 0 Å². The first-order chi connectivity index (χ1) is 12.3. The maximum Gasteiger partial charge on any atom is 0.000967 e. The van der Waals surface area contributed by atoms with Gasteiger partial charge in [-0.05, 0) is 91.0 Å². The largest absolute Gasteiger partial charge is 0.303 e. The molecule has 0 amide bonds. The number of likely N-dealkylation sites (tertiary alicyclic amines) is 1. The molecule has 1 aliphatic heterocycles. The molecule has 1 saturated carbocycles. The lowest BCUT2D eigenvalue weighted by Crippen LogP contribution is -2.34. The van der Waals surface area contributed by atoms with Crippen molar-refractivity contribution in [2.45, 2.75) is 72.1 Å². The molecule has 1 saturated heterocycles. The van der Waals surface area contributed by atoms with Gasteiger partial charge in [-0.15, -0.1) is 0 Å². The lowest BCUT2D eigenvalue weighted by atomic mass is 9.65. The van der Waals surface area contributed by atoms with E-state index in [9.17, 15) is 0 Å². The normalized spacial score (nSPS) is 26.5. The van der Waals surface area contributed by atoms with Gasteiger partial charge in [-0.2, -0.15) is 0 Å². The van der Waals surface area contributed by atoms with Crippen molar-refractivity contribution >= 4 is 5.57 Å². The zero-order chi connectivity index (χ0) is 18.4. The predicted molar refractivity (Wildman–Crippen MR) is 112 cm³/mol. The standard InChI is InChI=1S/C25H37N/c1-24(2)15-21(16-25(3,4)18-24)23-8-6-5-7-22(23)20-11-13-26(14-12-20)17-19-9-10-19/h5-8,15,19-20H,9-14,16-18H2,1-4H3. The van der Waals surface area contributed by atoms with Crippen LogP contribution in [0.2, 0.25) is 0 Å². The SMILES string of the molecule is CC1(C)C=C(c2ccccc2C2CCN(CC3CC3)CC2)CC(C)(C)C1. The average Bonchev–Trinajstić information content (AvgIpc) is 3.37. The van der Waals surface area contributed by atoms with Crippen molar-refractivity contribution in [3.8, 4) is 0 Å². The lowest BCUT2D eigenvalue weighted by Gasteiger charge is -2.40. The number of rotatable bonds is 4. The summed E-state index contributed by atoms with van der Waals surface area (Å²) in [5, 5.41) is 0. The molecule has 4 rings (SSSR count). The highest BCUT2D eigenvalue weighted by Gasteiger charge is 2.35. The molecule has 1 nitrogen and oxygen atoms in total. The Morgan fingerprint density at radius 1 is 0.962 bits per heavy atom. The second-order valence-corrected chi connectivity index (χ2v) is 10.8. The van der Waals surface area contributed by atoms with E-state index in [1.54, 1.807) is 16.7 Å². The van der Waals surface area contributed by atoms with Crippen LogP contribution in [0, 0.1) is 16.7 Å². The van der Waals surface area contributed by atoms with Crippen LogP contribution >= 0.6 is 0 Å². The highest BCUT2D eigenvalue weighted by Crippen LogP contribution is 2.48. The zero-order valence-electron chi connectivity index (χ0n) is 17.4. The molecule has 1 heteroatoms. The fraction of sp³-hybridized carbons (Fsp3) is 0.680. The van der Waals surface area contributed by atoms with E-state index in [1.807, 2.05) is 0 Å². The van der Waals surface area contributed by atoms with Gasteiger partial charge in [-0.1, -0.05) is 58.0 Å². The van der Waals surface area contributed by atoms with E-state index in [2.05, 4.69) is 62.9 Å². The molecule has 142 valence electrons. The molecule has 0 radical (unpaired) electrons. The second kappa shape index (κ2) is 6.82. The molecule has 0 unspecified atom stereocenters. The van der Waals surface area contributed by atoms with Crippen LogP contribution in [-0.2, 0) is 0 Å². The van der Waals surface area contributed by atoms with Crippen LogP contribution in [0.1, 0.15) is 83.3 Å². The third kappa shape index (κ3) is 4.25. The highest BCUT2D eigenvalue weighted by atomic mass is 15.1. The summed E-state index contributed by atoms with van der Waals surface area (Å²) >= 11 is 0. The predicted octanol–water partition coefficient (Wildman–Crippen LogP) is 6.51. The first kappa shape index (κ1) is 18.3. The molecule has 3 aliphatic rings. The molecule has 0 aromatic heterocycles. The van der Waals surface area contributed by atoms with E-state index in [-0.39, 0.29) is 0 Å². The third-order valence-corrected chi connectivity index (χ3v) is 6.72. The summed E-state index contributed by atoms with van der Waals surface area (Å²) in [6.07, 6.45) is 10.7. The van der Waals surface area contributed by atoms with E-state index in [4.69, 9.17) is 0 Å². The van der Waals surface area contributed by atoms with Gasteiger partial charge in [0, 0.05) is 6.54 Å². The van der Waals surface area contributed by atoms with E-state index >= 15 is 0 Å². The maximum absolute atomic E-state index is 2.73. The van der Waals surface area contributed by atoms with Crippen LogP contribution in [0.4, 0.5) is 0 Å². The third-order valence-electron chi connectivity index (χ3n) is 6.72. The minimum atomic E-state index is 0.303. The number of benzene rings is 1. The number of hydrogen-bond acceptors (Lipinski definition) is 1. The summed E-state index contributed by atoms with van der Waals surface area (Å²) in [6.45, 7) is 13.7. The van der Waals surface area contributed by atoms with Crippen molar-refractivity contribution in [1.82, 2.24) is 4.90 Å². The Labute approximate surface area is 160 Å². The molecule has 1 heterocycles. The molecule has 0 bridgehead atoms. The first-order valence-corrected chi connectivity index (χ1v) is 10.8. The molecular weight excluding hydrogens is 314 g/mol. The van der Waals surface area contributed by atoms with Crippen molar-refractivity contribution in [3.05, 3.63) is 41.5 Å². The van der Waals surface area contributed by atoms with E-state index in [0.29, 0.717) is 10.8 Å². The maximum atomic E-state index is 2.73. The summed E-state index contributed by atoms with van der Waals surface area (Å²) in [6, 6.07) is 9.33. The van der Waals surface area contributed by atoms with E-state index in [0.717, 1.165) is 11.8 Å². The smallest absolute Gasteiger partial charge is 0.000967 e. The monoisotopic (exact) mass is 351 g/mol. The summed E-state index contributed by atoms with van der Waals surface area (Å²) < 4.78 is 0. The Hall–Kier alpha value is -1.08. The van der Waals surface area contributed by atoms with Gasteiger partial charge >= 0.3 is 0 Å².